The Kier molecular flexibility index (Phi) is 28.1. The monoisotopic (exact) mass is 692 g/mol. The summed E-state index contributed by atoms with van der Waals surface area (Å²) in [6.45, 7) is 3.45. The number of ether oxygens (including phenoxy) is 2. The summed E-state index contributed by atoms with van der Waals surface area (Å²) in [4.78, 5) is 12.8. The van der Waals surface area contributed by atoms with Crippen LogP contribution in [-0.2, 0) is 14.3 Å². The molecular formula is C40H69NO8. The number of hydrogen-bond donors (Lipinski definition) is 6. The molecule has 1 heterocycles. The Hall–Kier alpha value is -2.11. The van der Waals surface area contributed by atoms with Crippen molar-refractivity contribution in [2.75, 3.05) is 13.2 Å². The molecule has 9 heteroatoms. The number of amides is 1. The van der Waals surface area contributed by atoms with Gasteiger partial charge in [-0.05, 0) is 71.1 Å². The van der Waals surface area contributed by atoms with Gasteiger partial charge in [0.05, 0.1) is 25.4 Å². The molecule has 1 aliphatic rings. The van der Waals surface area contributed by atoms with E-state index >= 15 is 0 Å². The quantitative estimate of drug-likeness (QED) is 0.0385. The number of nitrogens with one attached hydrogen (secondary N) is 1. The molecule has 9 nitrogen and oxygen atoms in total. The Labute approximate surface area is 296 Å². The van der Waals surface area contributed by atoms with E-state index in [1.165, 1.54) is 44.9 Å². The van der Waals surface area contributed by atoms with Crippen LogP contribution in [0.15, 0.2) is 60.8 Å². The maximum atomic E-state index is 12.8. The van der Waals surface area contributed by atoms with Gasteiger partial charge in [-0.25, -0.2) is 0 Å². The molecule has 1 saturated heterocycles. The van der Waals surface area contributed by atoms with E-state index in [0.29, 0.717) is 6.42 Å². The van der Waals surface area contributed by atoms with Crippen molar-refractivity contribution in [1.29, 1.82) is 0 Å². The van der Waals surface area contributed by atoms with Gasteiger partial charge in [0.15, 0.2) is 6.29 Å². The van der Waals surface area contributed by atoms with E-state index in [1.807, 2.05) is 19.1 Å². The first-order valence-electron chi connectivity index (χ1n) is 19.0. The molecule has 6 N–H and O–H groups in total. The lowest BCUT2D eigenvalue weighted by atomic mass is 9.99. The van der Waals surface area contributed by atoms with Crippen LogP contribution < -0.4 is 5.32 Å². The molecule has 0 aliphatic carbocycles. The number of carbonyl (C=O) groups is 1. The number of aliphatic hydroxyl groups is 5. The molecule has 0 saturated carbocycles. The normalized spacial score (nSPS) is 23.1. The van der Waals surface area contributed by atoms with Gasteiger partial charge in [-0.3, -0.25) is 4.79 Å². The summed E-state index contributed by atoms with van der Waals surface area (Å²) < 4.78 is 11.1. The summed E-state index contributed by atoms with van der Waals surface area (Å²) >= 11 is 0. The average molecular weight is 692 g/mol. The highest BCUT2D eigenvalue weighted by Gasteiger charge is 2.44. The lowest BCUT2D eigenvalue weighted by Crippen LogP contribution is -2.60. The van der Waals surface area contributed by atoms with E-state index in [1.54, 1.807) is 6.08 Å². The van der Waals surface area contributed by atoms with Crippen LogP contribution in [0.4, 0.5) is 0 Å². The van der Waals surface area contributed by atoms with Crippen molar-refractivity contribution in [2.45, 2.75) is 172 Å². The third-order valence-electron chi connectivity index (χ3n) is 8.64. The van der Waals surface area contributed by atoms with Crippen LogP contribution in [0, 0.1) is 0 Å². The van der Waals surface area contributed by atoms with Crippen molar-refractivity contribution in [3.8, 4) is 0 Å². The molecule has 0 bridgehead atoms. The van der Waals surface area contributed by atoms with Crippen molar-refractivity contribution < 1.29 is 39.8 Å². The predicted molar refractivity (Wildman–Crippen MR) is 198 cm³/mol. The third-order valence-corrected chi connectivity index (χ3v) is 8.64. The maximum absolute atomic E-state index is 12.8. The van der Waals surface area contributed by atoms with E-state index in [9.17, 15) is 30.3 Å². The molecular weight excluding hydrogens is 622 g/mol. The highest BCUT2D eigenvalue weighted by atomic mass is 16.7. The number of allylic oxidation sites excluding steroid dienone is 9. The summed E-state index contributed by atoms with van der Waals surface area (Å²) in [5, 5.41) is 53.7. The van der Waals surface area contributed by atoms with Crippen molar-refractivity contribution in [1.82, 2.24) is 5.32 Å². The Morgan fingerprint density at radius 1 is 0.735 bits per heavy atom. The van der Waals surface area contributed by atoms with Gasteiger partial charge in [-0.15, -0.1) is 0 Å². The number of carbonyl (C=O) groups excluding carboxylic acids is 1. The van der Waals surface area contributed by atoms with Crippen molar-refractivity contribution in [2.24, 2.45) is 0 Å². The van der Waals surface area contributed by atoms with Gasteiger partial charge in [0.25, 0.3) is 0 Å². The molecule has 0 aromatic rings. The minimum atomic E-state index is -1.57. The van der Waals surface area contributed by atoms with Gasteiger partial charge in [-0.1, -0.05) is 113 Å². The van der Waals surface area contributed by atoms with E-state index in [2.05, 4.69) is 54.8 Å². The molecule has 282 valence electrons. The zero-order chi connectivity index (χ0) is 36.0. The van der Waals surface area contributed by atoms with Gasteiger partial charge in [0.1, 0.15) is 24.4 Å². The topological polar surface area (TPSA) is 149 Å². The van der Waals surface area contributed by atoms with Gasteiger partial charge in [-0.2, -0.15) is 0 Å². The summed E-state index contributed by atoms with van der Waals surface area (Å²) in [5.74, 6) is -0.207. The van der Waals surface area contributed by atoms with Crippen molar-refractivity contribution >= 4 is 5.91 Å². The minimum absolute atomic E-state index is 0.207. The van der Waals surface area contributed by atoms with E-state index in [-0.39, 0.29) is 12.5 Å². The summed E-state index contributed by atoms with van der Waals surface area (Å²) in [6, 6.07) is -0.830. The van der Waals surface area contributed by atoms with E-state index in [0.717, 1.165) is 64.2 Å². The second kappa shape index (κ2) is 30.7. The molecule has 1 fully saturated rings. The van der Waals surface area contributed by atoms with Crippen LogP contribution in [0.25, 0.3) is 0 Å². The lowest BCUT2D eigenvalue weighted by Gasteiger charge is -2.40. The van der Waals surface area contributed by atoms with Crippen molar-refractivity contribution in [3.63, 3.8) is 0 Å². The van der Waals surface area contributed by atoms with E-state index < -0.39 is 49.5 Å². The molecule has 0 aromatic heterocycles. The van der Waals surface area contributed by atoms with Crippen LogP contribution in [-0.4, -0.2) is 87.5 Å². The highest BCUT2D eigenvalue weighted by Crippen LogP contribution is 2.22. The van der Waals surface area contributed by atoms with Gasteiger partial charge in [0.2, 0.25) is 5.91 Å². The Morgan fingerprint density at radius 3 is 1.94 bits per heavy atom. The molecule has 1 amide bonds. The number of rotatable bonds is 29. The Bertz CT molecular complexity index is 947. The smallest absolute Gasteiger partial charge is 0.220 e. The van der Waals surface area contributed by atoms with E-state index in [4.69, 9.17) is 9.47 Å². The Balaban J connectivity index is 2.43. The fourth-order valence-electron chi connectivity index (χ4n) is 5.52. The minimum Gasteiger partial charge on any atom is -0.394 e. The highest BCUT2D eigenvalue weighted by molar-refractivity contribution is 5.76. The number of aliphatic hydroxyl groups excluding tert-OH is 5. The fraction of sp³-hybridized carbons (Fsp3) is 0.725. The molecule has 49 heavy (non-hydrogen) atoms. The average Bonchev–Trinajstić information content (AvgIpc) is 3.10. The Morgan fingerprint density at radius 2 is 1.31 bits per heavy atom. The molecule has 0 spiro atoms. The molecule has 0 radical (unpaired) electrons. The predicted octanol–water partition coefficient (Wildman–Crippen LogP) is 6.49. The van der Waals surface area contributed by atoms with Crippen LogP contribution in [0.2, 0.25) is 0 Å². The molecule has 7 atom stereocenters. The molecule has 7 unspecified atom stereocenters. The van der Waals surface area contributed by atoms with Gasteiger partial charge < -0.3 is 40.3 Å². The van der Waals surface area contributed by atoms with Crippen LogP contribution in [0.1, 0.15) is 129 Å². The number of unbranched alkanes of at least 4 members (excludes halogenated alkanes) is 12. The van der Waals surface area contributed by atoms with Crippen LogP contribution >= 0.6 is 0 Å². The van der Waals surface area contributed by atoms with Gasteiger partial charge in [0, 0.05) is 6.42 Å². The third kappa shape index (κ3) is 22.4. The van der Waals surface area contributed by atoms with Crippen LogP contribution in [0.3, 0.4) is 0 Å². The fourth-order valence-corrected chi connectivity index (χ4v) is 5.52. The number of hydrogen-bond acceptors (Lipinski definition) is 8. The van der Waals surface area contributed by atoms with Gasteiger partial charge >= 0.3 is 0 Å². The molecule has 1 aliphatic heterocycles. The second-order valence-electron chi connectivity index (χ2n) is 13.0. The first-order valence-corrected chi connectivity index (χ1v) is 19.0. The standard InChI is InChI=1S/C40H69NO8/c1-3-5-7-9-11-13-14-15-16-17-18-19-20-22-24-26-28-30-36(44)41-33(34(43)29-27-25-23-21-12-10-8-6-4-2)32-48-40-39(47)38(46)37(45)35(31-42)49-40/h4,6,11-13,15-16,21,27,29,33-35,37-40,42-43,45-47H,3,5,7-10,14,17-20,22-26,28,30-32H2,1-2H3,(H,41,44)/b6-4+,13-11-,16-15-,21-12+,29-27+. The zero-order valence-corrected chi connectivity index (χ0v) is 30.4. The lowest BCUT2D eigenvalue weighted by molar-refractivity contribution is -0.302. The largest absolute Gasteiger partial charge is 0.394 e. The first kappa shape index (κ1) is 44.9. The maximum Gasteiger partial charge on any atom is 0.220 e. The van der Waals surface area contributed by atoms with Crippen molar-refractivity contribution in [3.05, 3.63) is 60.8 Å². The SMILES string of the molecule is C/C=C/CC/C=C/CC/C=C/C(O)C(COC1OC(CO)C(O)C(O)C1O)NC(=O)CCCCCCCCC/C=C\C/C=C\CCCCC. The van der Waals surface area contributed by atoms with Crippen LogP contribution in [0.5, 0.6) is 0 Å². The zero-order valence-electron chi connectivity index (χ0n) is 30.4. The first-order chi connectivity index (χ1) is 23.8. The summed E-state index contributed by atoms with van der Waals surface area (Å²) in [6.07, 6.45) is 31.4. The summed E-state index contributed by atoms with van der Waals surface area (Å²) in [7, 11) is 0. The molecule has 0 aromatic carbocycles. The molecule has 1 rings (SSSR count). The summed E-state index contributed by atoms with van der Waals surface area (Å²) in [5.41, 5.74) is 0. The second-order valence-corrected chi connectivity index (χ2v) is 13.0.